The first-order valence-corrected chi connectivity index (χ1v) is 5.13. The predicted molar refractivity (Wildman–Crippen MR) is 39.1 cm³/mol. The minimum atomic E-state index is -3.02. The highest BCUT2D eigenvalue weighted by molar-refractivity contribution is 7.91. The number of rotatable bonds is 1. The summed E-state index contributed by atoms with van der Waals surface area (Å²) < 4.78 is 26.6. The van der Waals surface area contributed by atoms with Crippen molar-refractivity contribution in [2.45, 2.75) is 12.5 Å². The summed E-state index contributed by atoms with van der Waals surface area (Å²) in [5.41, 5.74) is 0. The van der Waals surface area contributed by atoms with E-state index in [1.807, 2.05) is 0 Å². The SMILES string of the molecule is COC1CS(=O)(=O)CCC1=O. The number of methoxy groups -OCH3 is 1. The lowest BCUT2D eigenvalue weighted by molar-refractivity contribution is -0.127. The van der Waals surface area contributed by atoms with Gasteiger partial charge in [-0.15, -0.1) is 0 Å². The molecule has 0 radical (unpaired) electrons. The number of ether oxygens (including phenoxy) is 1. The molecule has 1 aliphatic rings. The minimum Gasteiger partial charge on any atom is -0.373 e. The van der Waals surface area contributed by atoms with E-state index in [2.05, 4.69) is 0 Å². The van der Waals surface area contributed by atoms with Gasteiger partial charge in [-0.05, 0) is 0 Å². The van der Waals surface area contributed by atoms with Crippen LogP contribution in [0.1, 0.15) is 6.42 Å². The quantitative estimate of drug-likeness (QED) is 0.537. The maximum Gasteiger partial charge on any atom is 0.163 e. The lowest BCUT2D eigenvalue weighted by Gasteiger charge is -2.18. The van der Waals surface area contributed by atoms with Gasteiger partial charge in [0.2, 0.25) is 0 Å². The molecule has 1 saturated heterocycles. The van der Waals surface area contributed by atoms with Crippen molar-refractivity contribution in [2.75, 3.05) is 18.6 Å². The van der Waals surface area contributed by atoms with Gasteiger partial charge in [-0.25, -0.2) is 8.42 Å². The van der Waals surface area contributed by atoms with Crippen molar-refractivity contribution in [1.82, 2.24) is 0 Å². The number of carbonyl (C=O) groups is 1. The highest BCUT2D eigenvalue weighted by Crippen LogP contribution is 2.10. The number of Topliss-reactive ketones (excluding diaryl/α,β-unsaturated/α-hetero) is 1. The summed E-state index contributed by atoms with van der Waals surface area (Å²) in [6.45, 7) is 0. The molecule has 1 heterocycles. The molecule has 0 aromatic carbocycles. The number of carbonyl (C=O) groups excluding carboxylic acids is 1. The molecule has 0 saturated carbocycles. The molecule has 4 nitrogen and oxygen atoms in total. The fourth-order valence-electron chi connectivity index (χ4n) is 1.02. The average Bonchev–Trinajstić information content (AvgIpc) is 1.94. The van der Waals surface area contributed by atoms with Crippen molar-refractivity contribution in [2.24, 2.45) is 0 Å². The van der Waals surface area contributed by atoms with E-state index in [9.17, 15) is 13.2 Å². The van der Waals surface area contributed by atoms with Gasteiger partial charge in [0, 0.05) is 13.5 Å². The molecule has 0 aromatic rings. The van der Waals surface area contributed by atoms with E-state index in [1.165, 1.54) is 7.11 Å². The third-order valence-electron chi connectivity index (χ3n) is 1.71. The average molecular weight is 178 g/mol. The highest BCUT2D eigenvalue weighted by Gasteiger charge is 2.31. The Bertz CT molecular complexity index is 254. The van der Waals surface area contributed by atoms with Gasteiger partial charge in [-0.2, -0.15) is 0 Å². The molecule has 64 valence electrons. The Morgan fingerprint density at radius 1 is 1.55 bits per heavy atom. The van der Waals surface area contributed by atoms with E-state index in [4.69, 9.17) is 4.74 Å². The van der Waals surface area contributed by atoms with Crippen molar-refractivity contribution in [1.29, 1.82) is 0 Å². The first-order valence-electron chi connectivity index (χ1n) is 3.31. The molecule has 11 heavy (non-hydrogen) atoms. The molecule has 0 aliphatic carbocycles. The first kappa shape index (κ1) is 8.67. The molecule has 0 N–H and O–H groups in total. The van der Waals surface area contributed by atoms with Gasteiger partial charge in [0.05, 0.1) is 11.5 Å². The molecule has 0 amide bonds. The van der Waals surface area contributed by atoms with E-state index in [-0.39, 0.29) is 23.7 Å². The Labute approximate surface area is 65.5 Å². The maximum absolute atomic E-state index is 10.9. The molecule has 5 heteroatoms. The van der Waals surface area contributed by atoms with Crippen LogP contribution < -0.4 is 0 Å². The van der Waals surface area contributed by atoms with Crippen LogP contribution >= 0.6 is 0 Å². The smallest absolute Gasteiger partial charge is 0.163 e. The molecular formula is C6H10O4S. The fraction of sp³-hybridized carbons (Fsp3) is 0.833. The van der Waals surface area contributed by atoms with E-state index < -0.39 is 15.9 Å². The number of sulfone groups is 1. The third-order valence-corrected chi connectivity index (χ3v) is 3.35. The molecule has 0 aromatic heterocycles. The largest absolute Gasteiger partial charge is 0.373 e. The standard InChI is InChI=1S/C6H10O4S/c1-10-6-4-11(8,9)3-2-5(6)7/h6H,2-4H2,1H3. The second-order valence-corrected chi connectivity index (χ2v) is 4.78. The highest BCUT2D eigenvalue weighted by atomic mass is 32.2. The summed E-state index contributed by atoms with van der Waals surface area (Å²) >= 11 is 0. The van der Waals surface area contributed by atoms with Crippen LogP contribution in [-0.4, -0.2) is 38.9 Å². The maximum atomic E-state index is 10.9. The van der Waals surface area contributed by atoms with Crippen molar-refractivity contribution < 1.29 is 17.9 Å². The van der Waals surface area contributed by atoms with Crippen LogP contribution in [0.3, 0.4) is 0 Å². The Balaban J connectivity index is 2.74. The van der Waals surface area contributed by atoms with Crippen LogP contribution in [0.5, 0.6) is 0 Å². The van der Waals surface area contributed by atoms with Crippen molar-refractivity contribution in [3.05, 3.63) is 0 Å². The molecular weight excluding hydrogens is 168 g/mol. The molecule has 1 rings (SSSR count). The van der Waals surface area contributed by atoms with Crippen molar-refractivity contribution >= 4 is 15.6 Å². The number of hydrogen-bond acceptors (Lipinski definition) is 4. The summed E-state index contributed by atoms with van der Waals surface area (Å²) in [5.74, 6) is -0.282. The Kier molecular flexibility index (Phi) is 2.29. The van der Waals surface area contributed by atoms with Gasteiger partial charge < -0.3 is 4.74 Å². The molecule has 0 spiro atoms. The normalized spacial score (nSPS) is 30.3. The zero-order valence-corrected chi connectivity index (χ0v) is 7.06. The summed E-state index contributed by atoms with van der Waals surface area (Å²) in [4.78, 5) is 10.9. The molecule has 1 fully saturated rings. The first-order chi connectivity index (χ1) is 5.05. The van der Waals surface area contributed by atoms with Crippen LogP contribution in [-0.2, 0) is 19.4 Å². The second kappa shape index (κ2) is 2.91. The van der Waals surface area contributed by atoms with Gasteiger partial charge in [0.15, 0.2) is 15.6 Å². The third kappa shape index (κ3) is 2.00. The van der Waals surface area contributed by atoms with Crippen LogP contribution in [0.25, 0.3) is 0 Å². The van der Waals surface area contributed by atoms with Crippen LogP contribution in [0.15, 0.2) is 0 Å². The summed E-state index contributed by atoms with van der Waals surface area (Å²) in [7, 11) is -1.67. The van der Waals surface area contributed by atoms with Crippen molar-refractivity contribution in [3.8, 4) is 0 Å². The molecule has 1 aliphatic heterocycles. The fourth-order valence-corrected chi connectivity index (χ4v) is 2.49. The van der Waals surface area contributed by atoms with E-state index in [0.29, 0.717) is 0 Å². The number of ketones is 1. The number of hydrogen-bond donors (Lipinski definition) is 0. The van der Waals surface area contributed by atoms with Gasteiger partial charge in [-0.1, -0.05) is 0 Å². The van der Waals surface area contributed by atoms with Gasteiger partial charge >= 0.3 is 0 Å². The minimum absolute atomic E-state index is 0.0221. The molecule has 1 unspecified atom stereocenters. The van der Waals surface area contributed by atoms with E-state index >= 15 is 0 Å². The summed E-state index contributed by atoms with van der Waals surface area (Å²) in [6, 6.07) is 0. The van der Waals surface area contributed by atoms with E-state index in [0.717, 1.165) is 0 Å². The Morgan fingerprint density at radius 3 is 2.64 bits per heavy atom. The van der Waals surface area contributed by atoms with Gasteiger partial charge in [0.25, 0.3) is 0 Å². The lowest BCUT2D eigenvalue weighted by Crippen LogP contribution is -2.38. The van der Waals surface area contributed by atoms with Crippen LogP contribution in [0.4, 0.5) is 0 Å². The van der Waals surface area contributed by atoms with Gasteiger partial charge in [0.1, 0.15) is 6.10 Å². The zero-order valence-electron chi connectivity index (χ0n) is 6.24. The van der Waals surface area contributed by atoms with Crippen molar-refractivity contribution in [3.63, 3.8) is 0 Å². The molecule has 0 bridgehead atoms. The van der Waals surface area contributed by atoms with Crippen LogP contribution in [0, 0.1) is 0 Å². The lowest BCUT2D eigenvalue weighted by atomic mass is 10.2. The summed E-state index contributed by atoms with van der Waals surface area (Å²) in [5, 5.41) is 0. The Morgan fingerprint density at radius 2 is 2.18 bits per heavy atom. The topological polar surface area (TPSA) is 60.4 Å². The molecule has 1 atom stereocenters. The summed E-state index contributed by atoms with van der Waals surface area (Å²) in [6.07, 6.45) is -0.630. The van der Waals surface area contributed by atoms with Crippen LogP contribution in [0.2, 0.25) is 0 Å². The predicted octanol–water partition coefficient (Wildman–Crippen LogP) is -0.611. The zero-order chi connectivity index (χ0) is 8.48. The Hall–Kier alpha value is -0.420. The monoisotopic (exact) mass is 178 g/mol. The van der Waals surface area contributed by atoms with E-state index in [1.54, 1.807) is 0 Å². The van der Waals surface area contributed by atoms with Gasteiger partial charge in [-0.3, -0.25) is 4.79 Å². The second-order valence-electron chi connectivity index (χ2n) is 2.56.